The Bertz CT molecular complexity index is 661. The number of halogens is 1. The van der Waals surface area contributed by atoms with Crippen molar-refractivity contribution in [3.63, 3.8) is 0 Å². The minimum atomic E-state index is 0.0132. The highest BCUT2D eigenvalue weighted by Gasteiger charge is 2.22. The van der Waals surface area contributed by atoms with E-state index in [9.17, 15) is 4.79 Å². The van der Waals surface area contributed by atoms with E-state index in [1.807, 2.05) is 29.2 Å². The molecule has 0 saturated carbocycles. The second kappa shape index (κ2) is 7.17. The van der Waals surface area contributed by atoms with Crippen LogP contribution in [0.2, 0.25) is 0 Å². The smallest absolute Gasteiger partial charge is 0.274 e. The van der Waals surface area contributed by atoms with Gasteiger partial charge in [0.2, 0.25) is 0 Å². The van der Waals surface area contributed by atoms with Gasteiger partial charge in [0.05, 0.1) is 0 Å². The molecule has 2 heterocycles. The third-order valence-corrected chi connectivity index (χ3v) is 4.64. The molecule has 1 saturated heterocycles. The highest BCUT2D eigenvalue weighted by Crippen LogP contribution is 2.18. The van der Waals surface area contributed by atoms with Crippen molar-refractivity contribution < 1.29 is 9.53 Å². The van der Waals surface area contributed by atoms with Gasteiger partial charge in [-0.1, -0.05) is 22.9 Å². The van der Waals surface area contributed by atoms with Crippen LogP contribution >= 0.6 is 15.9 Å². The topological polar surface area (TPSA) is 47.4 Å². The number of amides is 1. The first kappa shape index (κ1) is 16.1. The van der Waals surface area contributed by atoms with E-state index >= 15 is 0 Å². The number of carbonyl (C=O) groups excluding carboxylic acids is 1. The van der Waals surface area contributed by atoms with Crippen molar-refractivity contribution in [1.29, 1.82) is 0 Å². The summed E-state index contributed by atoms with van der Waals surface area (Å²) >= 11 is 3.39. The van der Waals surface area contributed by atoms with Gasteiger partial charge in [-0.15, -0.1) is 0 Å². The lowest BCUT2D eigenvalue weighted by atomic mass is 9.99. The largest absolute Gasteiger partial charge is 0.471 e. The monoisotopic (exact) mass is 377 g/mol. The Hall–Kier alpha value is -1.82. The lowest BCUT2D eigenvalue weighted by Gasteiger charge is -2.29. The van der Waals surface area contributed by atoms with E-state index in [0.717, 1.165) is 36.2 Å². The van der Waals surface area contributed by atoms with Crippen molar-refractivity contribution in [2.24, 2.45) is 5.92 Å². The van der Waals surface area contributed by atoms with Crippen LogP contribution in [0.5, 0.6) is 5.75 Å². The maximum Gasteiger partial charge on any atom is 0.274 e. The molecule has 6 heteroatoms. The van der Waals surface area contributed by atoms with E-state index in [4.69, 9.17) is 4.74 Å². The Labute approximate surface area is 144 Å². The second-order valence-corrected chi connectivity index (χ2v) is 6.86. The molecule has 122 valence electrons. The molecule has 1 amide bonds. The van der Waals surface area contributed by atoms with Crippen molar-refractivity contribution in [2.45, 2.75) is 26.5 Å². The van der Waals surface area contributed by atoms with Gasteiger partial charge in [-0.2, -0.15) is 5.10 Å². The first-order valence-corrected chi connectivity index (χ1v) is 8.62. The molecule has 0 bridgehead atoms. The van der Waals surface area contributed by atoms with Gasteiger partial charge in [0, 0.05) is 23.8 Å². The molecule has 0 spiro atoms. The lowest BCUT2D eigenvalue weighted by molar-refractivity contribution is 0.0689. The molecule has 1 aliphatic rings. The van der Waals surface area contributed by atoms with E-state index in [-0.39, 0.29) is 12.6 Å². The highest BCUT2D eigenvalue weighted by atomic mass is 79.9. The van der Waals surface area contributed by atoms with E-state index in [2.05, 4.69) is 28.0 Å². The molecule has 0 unspecified atom stereocenters. The Morgan fingerprint density at radius 1 is 1.26 bits per heavy atom. The first-order chi connectivity index (χ1) is 11.1. The van der Waals surface area contributed by atoms with Crippen LogP contribution in [0, 0.1) is 5.92 Å². The molecular formula is C17H20BrN3O2. The molecule has 1 aromatic carbocycles. The molecule has 0 radical (unpaired) electrons. The zero-order chi connectivity index (χ0) is 16.2. The van der Waals surface area contributed by atoms with Gasteiger partial charge in [-0.3, -0.25) is 4.79 Å². The van der Waals surface area contributed by atoms with Crippen LogP contribution in [0.15, 0.2) is 41.0 Å². The van der Waals surface area contributed by atoms with Crippen molar-refractivity contribution in [1.82, 2.24) is 14.7 Å². The van der Waals surface area contributed by atoms with Crippen LogP contribution in [0.25, 0.3) is 0 Å². The van der Waals surface area contributed by atoms with Crippen molar-refractivity contribution in [3.05, 3.63) is 46.7 Å². The van der Waals surface area contributed by atoms with Gasteiger partial charge >= 0.3 is 0 Å². The van der Waals surface area contributed by atoms with Crippen LogP contribution in [-0.2, 0) is 6.73 Å². The summed E-state index contributed by atoms with van der Waals surface area (Å²) in [6, 6.07) is 9.36. The number of ether oxygens (including phenoxy) is 1. The normalized spacial score (nSPS) is 15.7. The van der Waals surface area contributed by atoms with Gasteiger partial charge in [-0.05, 0) is 49.1 Å². The zero-order valence-electron chi connectivity index (χ0n) is 13.1. The molecule has 3 rings (SSSR count). The summed E-state index contributed by atoms with van der Waals surface area (Å²) in [5, 5.41) is 4.33. The zero-order valence-corrected chi connectivity index (χ0v) is 14.7. The SMILES string of the molecule is CC1CCN(C(=O)c2ccn(COc3ccc(Br)cc3)n2)CC1. The summed E-state index contributed by atoms with van der Waals surface area (Å²) in [7, 11) is 0. The molecule has 1 fully saturated rings. The summed E-state index contributed by atoms with van der Waals surface area (Å²) in [4.78, 5) is 14.3. The average molecular weight is 378 g/mol. The molecule has 0 aliphatic carbocycles. The number of benzene rings is 1. The summed E-state index contributed by atoms with van der Waals surface area (Å²) in [6.45, 7) is 4.16. The Kier molecular flexibility index (Phi) is 5.00. The third kappa shape index (κ3) is 4.13. The summed E-state index contributed by atoms with van der Waals surface area (Å²) in [5.41, 5.74) is 0.485. The van der Waals surface area contributed by atoms with E-state index in [1.54, 1.807) is 16.9 Å². The van der Waals surface area contributed by atoms with Crippen molar-refractivity contribution in [3.8, 4) is 5.75 Å². The fourth-order valence-electron chi connectivity index (χ4n) is 2.59. The Morgan fingerprint density at radius 2 is 1.96 bits per heavy atom. The van der Waals surface area contributed by atoms with E-state index in [0.29, 0.717) is 11.6 Å². The van der Waals surface area contributed by atoms with Crippen LogP contribution < -0.4 is 4.74 Å². The van der Waals surface area contributed by atoms with Gasteiger partial charge in [0.15, 0.2) is 12.4 Å². The number of hydrogen-bond acceptors (Lipinski definition) is 3. The fourth-order valence-corrected chi connectivity index (χ4v) is 2.86. The minimum absolute atomic E-state index is 0.0132. The van der Waals surface area contributed by atoms with Crippen LogP contribution in [0.4, 0.5) is 0 Å². The summed E-state index contributed by atoms with van der Waals surface area (Å²) in [5.74, 6) is 1.48. The van der Waals surface area contributed by atoms with Crippen molar-refractivity contribution >= 4 is 21.8 Å². The second-order valence-electron chi connectivity index (χ2n) is 5.94. The Balaban J connectivity index is 1.57. The number of piperidine rings is 1. The molecule has 1 aromatic heterocycles. The number of aromatic nitrogens is 2. The number of nitrogens with zero attached hydrogens (tertiary/aromatic N) is 3. The Morgan fingerprint density at radius 3 is 2.65 bits per heavy atom. The average Bonchev–Trinajstić information content (AvgIpc) is 3.03. The van der Waals surface area contributed by atoms with E-state index < -0.39 is 0 Å². The number of hydrogen-bond donors (Lipinski definition) is 0. The molecule has 0 N–H and O–H groups in total. The molecule has 5 nitrogen and oxygen atoms in total. The molecule has 0 atom stereocenters. The number of rotatable bonds is 4. The summed E-state index contributed by atoms with van der Waals surface area (Å²) < 4.78 is 8.30. The predicted molar refractivity (Wildman–Crippen MR) is 91.3 cm³/mol. The first-order valence-electron chi connectivity index (χ1n) is 7.83. The van der Waals surface area contributed by atoms with Gasteiger partial charge < -0.3 is 9.64 Å². The quantitative estimate of drug-likeness (QED) is 0.818. The molecular weight excluding hydrogens is 358 g/mol. The maximum atomic E-state index is 12.4. The lowest BCUT2D eigenvalue weighted by Crippen LogP contribution is -2.38. The molecule has 2 aromatic rings. The summed E-state index contributed by atoms with van der Waals surface area (Å²) in [6.07, 6.45) is 3.91. The van der Waals surface area contributed by atoms with Crippen molar-refractivity contribution in [2.75, 3.05) is 13.1 Å². The fraction of sp³-hybridized carbons (Fsp3) is 0.412. The molecule has 23 heavy (non-hydrogen) atoms. The highest BCUT2D eigenvalue weighted by molar-refractivity contribution is 9.10. The van der Waals surface area contributed by atoms with E-state index in [1.165, 1.54) is 0 Å². The van der Waals surface area contributed by atoms with Gasteiger partial charge in [-0.25, -0.2) is 4.68 Å². The minimum Gasteiger partial charge on any atom is -0.471 e. The molecule has 1 aliphatic heterocycles. The van der Waals surface area contributed by atoms with Crippen LogP contribution in [-0.4, -0.2) is 33.7 Å². The maximum absolute atomic E-state index is 12.4. The van der Waals surface area contributed by atoms with Crippen LogP contribution in [0.3, 0.4) is 0 Å². The predicted octanol–water partition coefficient (Wildman–Crippen LogP) is 3.55. The number of carbonyl (C=O) groups is 1. The van der Waals surface area contributed by atoms with Gasteiger partial charge in [0.25, 0.3) is 5.91 Å². The third-order valence-electron chi connectivity index (χ3n) is 4.11. The van der Waals surface area contributed by atoms with Gasteiger partial charge in [0.1, 0.15) is 5.75 Å². The van der Waals surface area contributed by atoms with Crippen LogP contribution in [0.1, 0.15) is 30.3 Å². The standard InChI is InChI=1S/C17H20BrN3O2/c1-13-6-9-20(10-7-13)17(22)16-8-11-21(19-16)12-23-15-4-2-14(18)3-5-15/h2-5,8,11,13H,6-7,9-10,12H2,1H3. The number of likely N-dealkylation sites (tertiary alicyclic amines) is 1.